The Kier molecular flexibility index (Phi) is 7.81. The quantitative estimate of drug-likeness (QED) is 0.610. The van der Waals surface area contributed by atoms with Gasteiger partial charge in [-0.05, 0) is 37.8 Å². The number of carboxylic acids is 1. The molecular formula is C16H24N2O4. The van der Waals surface area contributed by atoms with Crippen LogP contribution in [0.4, 0.5) is 4.79 Å². The van der Waals surface area contributed by atoms with Gasteiger partial charge in [0.05, 0.1) is 6.61 Å². The number of carbonyl (C=O) groups excluding carboxylic acids is 1. The van der Waals surface area contributed by atoms with Crippen LogP contribution in [0.15, 0.2) is 18.2 Å². The second kappa shape index (κ2) is 9.65. The van der Waals surface area contributed by atoms with Crippen LogP contribution >= 0.6 is 0 Å². The van der Waals surface area contributed by atoms with Crippen LogP contribution in [-0.4, -0.2) is 36.8 Å². The lowest BCUT2D eigenvalue weighted by Crippen LogP contribution is -2.37. The highest BCUT2D eigenvalue weighted by atomic mass is 16.5. The van der Waals surface area contributed by atoms with Crippen molar-refractivity contribution in [1.29, 1.82) is 0 Å². The van der Waals surface area contributed by atoms with Crippen molar-refractivity contribution in [2.75, 3.05) is 19.7 Å². The zero-order chi connectivity index (χ0) is 16.4. The number of para-hydroxylation sites is 1. The zero-order valence-corrected chi connectivity index (χ0v) is 13.1. The molecule has 1 rings (SSSR count). The van der Waals surface area contributed by atoms with Gasteiger partial charge in [0.15, 0.2) is 0 Å². The molecule has 0 heterocycles. The Morgan fingerprint density at radius 1 is 1.09 bits per heavy atom. The van der Waals surface area contributed by atoms with Gasteiger partial charge in [-0.25, -0.2) is 4.79 Å². The first-order chi connectivity index (χ1) is 10.5. The highest BCUT2D eigenvalue weighted by molar-refractivity contribution is 5.73. The van der Waals surface area contributed by atoms with E-state index in [9.17, 15) is 9.59 Å². The van der Waals surface area contributed by atoms with Crippen molar-refractivity contribution >= 4 is 12.0 Å². The number of carboxylic acid groups (broad SMARTS) is 1. The Morgan fingerprint density at radius 3 is 2.27 bits per heavy atom. The Bertz CT molecular complexity index is 483. The third-order valence-corrected chi connectivity index (χ3v) is 3.11. The summed E-state index contributed by atoms with van der Waals surface area (Å²) in [4.78, 5) is 21.7. The first-order valence-corrected chi connectivity index (χ1v) is 7.43. The SMILES string of the molecule is Cc1cccc(C)c1OCCCNC(=O)NCCCC(=O)O. The third-order valence-electron chi connectivity index (χ3n) is 3.11. The molecule has 0 aliphatic heterocycles. The summed E-state index contributed by atoms with van der Waals surface area (Å²) in [5, 5.41) is 13.8. The number of aliphatic carboxylic acids is 1. The molecule has 0 saturated carbocycles. The molecule has 0 unspecified atom stereocenters. The molecule has 1 aromatic rings. The van der Waals surface area contributed by atoms with Crippen molar-refractivity contribution in [3.63, 3.8) is 0 Å². The van der Waals surface area contributed by atoms with Gasteiger partial charge in [0.25, 0.3) is 0 Å². The Balaban J connectivity index is 2.10. The molecule has 0 atom stereocenters. The van der Waals surface area contributed by atoms with Crippen molar-refractivity contribution in [3.05, 3.63) is 29.3 Å². The minimum Gasteiger partial charge on any atom is -0.493 e. The number of amides is 2. The van der Waals surface area contributed by atoms with Crippen LogP contribution < -0.4 is 15.4 Å². The van der Waals surface area contributed by atoms with Gasteiger partial charge in [-0.2, -0.15) is 0 Å². The molecule has 122 valence electrons. The van der Waals surface area contributed by atoms with Crippen molar-refractivity contribution in [2.45, 2.75) is 33.1 Å². The molecule has 0 bridgehead atoms. The fraction of sp³-hybridized carbons (Fsp3) is 0.500. The van der Waals surface area contributed by atoms with E-state index in [1.165, 1.54) is 0 Å². The lowest BCUT2D eigenvalue weighted by molar-refractivity contribution is -0.137. The topological polar surface area (TPSA) is 87.7 Å². The number of aryl methyl sites for hydroxylation is 2. The van der Waals surface area contributed by atoms with Gasteiger partial charge in [-0.3, -0.25) is 4.79 Å². The van der Waals surface area contributed by atoms with Gasteiger partial charge >= 0.3 is 12.0 Å². The molecule has 6 heteroatoms. The molecule has 0 aliphatic rings. The number of rotatable bonds is 9. The van der Waals surface area contributed by atoms with Crippen LogP contribution in [-0.2, 0) is 4.79 Å². The molecule has 0 aliphatic carbocycles. The predicted molar refractivity (Wildman–Crippen MR) is 84.3 cm³/mol. The van der Waals surface area contributed by atoms with E-state index < -0.39 is 5.97 Å². The lowest BCUT2D eigenvalue weighted by atomic mass is 10.1. The maximum absolute atomic E-state index is 11.4. The third kappa shape index (κ3) is 6.97. The zero-order valence-electron chi connectivity index (χ0n) is 13.1. The maximum Gasteiger partial charge on any atom is 0.314 e. The van der Waals surface area contributed by atoms with Crippen molar-refractivity contribution in [3.8, 4) is 5.75 Å². The summed E-state index contributed by atoms with van der Waals surface area (Å²) in [5.74, 6) is 0.0477. The van der Waals surface area contributed by atoms with Gasteiger partial charge < -0.3 is 20.5 Å². The standard InChI is InChI=1S/C16H24N2O4/c1-12-6-3-7-13(2)15(12)22-11-5-10-18-16(21)17-9-4-8-14(19)20/h3,6-7H,4-5,8-11H2,1-2H3,(H,19,20)(H2,17,18,21). The fourth-order valence-corrected chi connectivity index (χ4v) is 1.98. The summed E-state index contributed by atoms with van der Waals surface area (Å²) >= 11 is 0. The second-order valence-corrected chi connectivity index (χ2v) is 5.10. The van der Waals surface area contributed by atoms with Crippen molar-refractivity contribution in [1.82, 2.24) is 10.6 Å². The van der Waals surface area contributed by atoms with Crippen LogP contribution in [0.25, 0.3) is 0 Å². The van der Waals surface area contributed by atoms with E-state index in [0.29, 0.717) is 32.5 Å². The minimum absolute atomic E-state index is 0.0594. The first kappa shape index (κ1) is 17.8. The van der Waals surface area contributed by atoms with Crippen LogP contribution in [0.1, 0.15) is 30.4 Å². The van der Waals surface area contributed by atoms with Crippen LogP contribution in [0.3, 0.4) is 0 Å². The fourth-order valence-electron chi connectivity index (χ4n) is 1.98. The van der Waals surface area contributed by atoms with E-state index in [1.54, 1.807) is 0 Å². The Morgan fingerprint density at radius 2 is 1.68 bits per heavy atom. The van der Waals surface area contributed by atoms with Gasteiger partial charge in [-0.15, -0.1) is 0 Å². The van der Waals surface area contributed by atoms with Crippen LogP contribution in [0, 0.1) is 13.8 Å². The average Bonchev–Trinajstić information content (AvgIpc) is 2.46. The largest absolute Gasteiger partial charge is 0.493 e. The minimum atomic E-state index is -0.856. The first-order valence-electron chi connectivity index (χ1n) is 7.43. The maximum atomic E-state index is 11.4. The summed E-state index contributed by atoms with van der Waals surface area (Å²) < 4.78 is 5.74. The number of carbonyl (C=O) groups is 2. The molecule has 1 aromatic carbocycles. The number of urea groups is 1. The van der Waals surface area contributed by atoms with Gasteiger partial charge in [0.2, 0.25) is 0 Å². The Labute approximate surface area is 130 Å². The lowest BCUT2D eigenvalue weighted by Gasteiger charge is -2.12. The smallest absolute Gasteiger partial charge is 0.314 e. The van der Waals surface area contributed by atoms with Gasteiger partial charge in [0.1, 0.15) is 5.75 Å². The molecule has 22 heavy (non-hydrogen) atoms. The molecule has 0 aromatic heterocycles. The van der Waals surface area contributed by atoms with E-state index in [0.717, 1.165) is 16.9 Å². The highest BCUT2D eigenvalue weighted by Crippen LogP contribution is 2.22. The number of hydrogen-bond acceptors (Lipinski definition) is 3. The second-order valence-electron chi connectivity index (χ2n) is 5.10. The number of hydrogen-bond donors (Lipinski definition) is 3. The Hall–Kier alpha value is -2.24. The number of ether oxygens (including phenoxy) is 1. The van der Waals surface area contributed by atoms with E-state index in [-0.39, 0.29) is 12.5 Å². The number of benzene rings is 1. The van der Waals surface area contributed by atoms with Gasteiger partial charge in [-0.1, -0.05) is 18.2 Å². The summed E-state index contributed by atoms with van der Waals surface area (Å²) in [5.41, 5.74) is 2.20. The summed E-state index contributed by atoms with van der Waals surface area (Å²) in [7, 11) is 0. The van der Waals surface area contributed by atoms with E-state index >= 15 is 0 Å². The molecule has 0 saturated heterocycles. The average molecular weight is 308 g/mol. The molecule has 6 nitrogen and oxygen atoms in total. The summed E-state index contributed by atoms with van der Waals surface area (Å²) in [6.45, 7) is 5.41. The normalized spacial score (nSPS) is 10.1. The summed E-state index contributed by atoms with van der Waals surface area (Å²) in [6.07, 6.45) is 1.19. The molecule has 0 fully saturated rings. The number of nitrogens with one attached hydrogen (secondary N) is 2. The molecule has 0 spiro atoms. The molecule has 0 radical (unpaired) electrons. The van der Waals surface area contributed by atoms with E-state index in [1.807, 2.05) is 32.0 Å². The highest BCUT2D eigenvalue weighted by Gasteiger charge is 2.03. The molecular weight excluding hydrogens is 284 g/mol. The van der Waals surface area contributed by atoms with Crippen molar-refractivity contribution in [2.24, 2.45) is 0 Å². The van der Waals surface area contributed by atoms with E-state index in [4.69, 9.17) is 9.84 Å². The van der Waals surface area contributed by atoms with Crippen molar-refractivity contribution < 1.29 is 19.4 Å². The molecule has 3 N–H and O–H groups in total. The van der Waals surface area contributed by atoms with Gasteiger partial charge in [0, 0.05) is 19.5 Å². The summed E-state index contributed by atoms with van der Waals surface area (Å²) in [6, 6.07) is 5.72. The van der Waals surface area contributed by atoms with Crippen LogP contribution in [0.2, 0.25) is 0 Å². The molecule has 2 amide bonds. The monoisotopic (exact) mass is 308 g/mol. The predicted octanol–water partition coefficient (Wildman–Crippen LogP) is 2.24. The van der Waals surface area contributed by atoms with Crippen LogP contribution in [0.5, 0.6) is 5.75 Å². The van der Waals surface area contributed by atoms with E-state index in [2.05, 4.69) is 10.6 Å².